The van der Waals surface area contributed by atoms with Gasteiger partial charge in [0.05, 0.1) is 5.69 Å². The Kier molecular flexibility index (Phi) is 5.76. The summed E-state index contributed by atoms with van der Waals surface area (Å²) in [6, 6.07) is 7.17. The molecular weight excluding hydrogens is 220 g/mol. The van der Waals surface area contributed by atoms with Gasteiger partial charge in [0.25, 0.3) is 0 Å². The Hall–Kier alpha value is -1.30. The van der Waals surface area contributed by atoms with Crippen molar-refractivity contribution >= 4 is 5.69 Å². The lowest BCUT2D eigenvalue weighted by Crippen LogP contribution is -2.35. The number of ether oxygens (including phenoxy) is 1. The predicted molar refractivity (Wildman–Crippen MR) is 66.5 cm³/mol. The molecule has 1 atom stereocenters. The van der Waals surface area contributed by atoms with Crippen LogP contribution in [0.4, 0.5) is 5.69 Å². The van der Waals surface area contributed by atoms with Gasteiger partial charge in [-0.2, -0.15) is 0 Å². The van der Waals surface area contributed by atoms with Crippen molar-refractivity contribution in [1.82, 2.24) is 5.32 Å². The Labute approximate surface area is 101 Å². The summed E-state index contributed by atoms with van der Waals surface area (Å²) in [7, 11) is 0. The van der Waals surface area contributed by atoms with Crippen molar-refractivity contribution in [2.24, 2.45) is 0 Å². The third-order valence-electron chi connectivity index (χ3n) is 2.19. The van der Waals surface area contributed by atoms with Crippen LogP contribution in [0.15, 0.2) is 24.3 Å². The van der Waals surface area contributed by atoms with Crippen LogP contribution in [0, 0.1) is 0 Å². The van der Waals surface area contributed by atoms with Gasteiger partial charge in [0.2, 0.25) is 0 Å². The molecule has 96 valence electrons. The molecule has 1 aromatic carbocycles. The Balaban J connectivity index is 2.29. The maximum Gasteiger partial charge on any atom is 0.119 e. The molecule has 0 radical (unpaired) electrons. The summed E-state index contributed by atoms with van der Waals surface area (Å²) in [6.07, 6.45) is -0.534. The standard InChI is InChI=1S/C12H20N2O3/c1-9(2)13-7-11(15)8-17-12-5-3-10(14-16)4-6-12/h3-6,9,11,13-16H,7-8H2,1-2H3/t11-/m0/s1. The molecule has 0 saturated carbocycles. The minimum atomic E-state index is -0.534. The zero-order valence-corrected chi connectivity index (χ0v) is 10.2. The van der Waals surface area contributed by atoms with Gasteiger partial charge >= 0.3 is 0 Å². The second-order valence-electron chi connectivity index (χ2n) is 4.16. The molecule has 0 aliphatic heterocycles. The number of benzene rings is 1. The Morgan fingerprint density at radius 2 is 1.88 bits per heavy atom. The smallest absolute Gasteiger partial charge is 0.119 e. The Bertz CT molecular complexity index is 314. The molecule has 0 fully saturated rings. The van der Waals surface area contributed by atoms with Crippen LogP contribution >= 0.6 is 0 Å². The fourth-order valence-electron chi connectivity index (χ4n) is 1.25. The number of anilines is 1. The van der Waals surface area contributed by atoms with Crippen LogP contribution in [0.5, 0.6) is 5.75 Å². The average Bonchev–Trinajstić information content (AvgIpc) is 2.34. The highest BCUT2D eigenvalue weighted by Crippen LogP contribution is 2.14. The Morgan fingerprint density at radius 1 is 1.24 bits per heavy atom. The summed E-state index contributed by atoms with van der Waals surface area (Å²) in [4.78, 5) is 0. The molecule has 4 N–H and O–H groups in total. The molecule has 17 heavy (non-hydrogen) atoms. The number of hydrogen-bond acceptors (Lipinski definition) is 5. The molecule has 1 aromatic rings. The number of aliphatic hydroxyl groups is 1. The highest BCUT2D eigenvalue weighted by molar-refractivity contribution is 5.44. The lowest BCUT2D eigenvalue weighted by Gasteiger charge is -2.15. The van der Waals surface area contributed by atoms with E-state index in [2.05, 4.69) is 5.32 Å². The van der Waals surface area contributed by atoms with Crippen LogP contribution in [0.1, 0.15) is 13.8 Å². The fourth-order valence-corrected chi connectivity index (χ4v) is 1.25. The molecule has 0 aliphatic carbocycles. The third-order valence-corrected chi connectivity index (χ3v) is 2.19. The van der Waals surface area contributed by atoms with Gasteiger partial charge in [0, 0.05) is 12.6 Å². The SMILES string of the molecule is CC(C)NC[C@H](O)COc1ccc(NO)cc1. The minimum Gasteiger partial charge on any atom is -0.491 e. The van der Waals surface area contributed by atoms with Gasteiger partial charge in [-0.3, -0.25) is 10.7 Å². The second-order valence-corrected chi connectivity index (χ2v) is 4.16. The second kappa shape index (κ2) is 7.11. The van der Waals surface area contributed by atoms with Crippen LogP contribution in [-0.2, 0) is 0 Å². The number of nitrogens with one attached hydrogen (secondary N) is 2. The first-order valence-electron chi connectivity index (χ1n) is 5.66. The summed E-state index contributed by atoms with van der Waals surface area (Å²) in [5.74, 6) is 0.660. The van der Waals surface area contributed by atoms with Gasteiger partial charge in [-0.05, 0) is 24.3 Å². The molecule has 0 bridgehead atoms. The van der Waals surface area contributed by atoms with Crippen molar-refractivity contribution in [3.05, 3.63) is 24.3 Å². The number of aliphatic hydroxyl groups excluding tert-OH is 1. The summed E-state index contributed by atoms with van der Waals surface area (Å²) < 4.78 is 5.40. The van der Waals surface area contributed by atoms with E-state index in [1.54, 1.807) is 24.3 Å². The number of rotatable bonds is 7. The minimum absolute atomic E-state index is 0.242. The van der Waals surface area contributed by atoms with E-state index in [0.29, 0.717) is 24.0 Å². The topological polar surface area (TPSA) is 73.8 Å². The van der Waals surface area contributed by atoms with Crippen molar-refractivity contribution < 1.29 is 15.1 Å². The molecule has 0 aromatic heterocycles. The molecule has 0 unspecified atom stereocenters. The number of hydrogen-bond donors (Lipinski definition) is 4. The molecule has 0 saturated heterocycles. The van der Waals surface area contributed by atoms with E-state index in [9.17, 15) is 5.11 Å². The van der Waals surface area contributed by atoms with Gasteiger partial charge in [-0.25, -0.2) is 0 Å². The molecule has 0 amide bonds. The first-order chi connectivity index (χ1) is 8.11. The largest absolute Gasteiger partial charge is 0.491 e. The highest BCUT2D eigenvalue weighted by atomic mass is 16.5. The van der Waals surface area contributed by atoms with E-state index >= 15 is 0 Å². The fraction of sp³-hybridized carbons (Fsp3) is 0.500. The van der Waals surface area contributed by atoms with Crippen LogP contribution in [0.25, 0.3) is 0 Å². The van der Waals surface area contributed by atoms with Crippen molar-refractivity contribution in [3.63, 3.8) is 0 Å². The van der Waals surface area contributed by atoms with Crippen LogP contribution in [-0.4, -0.2) is 35.6 Å². The van der Waals surface area contributed by atoms with E-state index in [-0.39, 0.29) is 6.61 Å². The van der Waals surface area contributed by atoms with E-state index in [0.717, 1.165) is 0 Å². The molecule has 0 spiro atoms. The van der Waals surface area contributed by atoms with Crippen molar-refractivity contribution in [1.29, 1.82) is 0 Å². The average molecular weight is 240 g/mol. The molecular formula is C12H20N2O3. The first kappa shape index (κ1) is 13.8. The Morgan fingerprint density at radius 3 is 2.41 bits per heavy atom. The normalized spacial score (nSPS) is 12.5. The monoisotopic (exact) mass is 240 g/mol. The summed E-state index contributed by atoms with van der Waals surface area (Å²) in [6.45, 7) is 4.79. The summed E-state index contributed by atoms with van der Waals surface area (Å²) in [5, 5.41) is 21.4. The van der Waals surface area contributed by atoms with Crippen molar-refractivity contribution in [2.75, 3.05) is 18.6 Å². The van der Waals surface area contributed by atoms with Crippen LogP contribution < -0.4 is 15.5 Å². The molecule has 5 heteroatoms. The lowest BCUT2D eigenvalue weighted by molar-refractivity contribution is 0.104. The predicted octanol–water partition coefficient (Wildman–Crippen LogP) is 1.23. The van der Waals surface area contributed by atoms with Gasteiger partial charge in [0.15, 0.2) is 0 Å². The molecule has 1 rings (SSSR count). The van der Waals surface area contributed by atoms with Gasteiger partial charge in [0.1, 0.15) is 18.5 Å². The van der Waals surface area contributed by atoms with Crippen molar-refractivity contribution in [3.8, 4) is 5.75 Å². The summed E-state index contributed by atoms with van der Waals surface area (Å²) >= 11 is 0. The highest BCUT2D eigenvalue weighted by Gasteiger charge is 2.05. The van der Waals surface area contributed by atoms with E-state index in [1.807, 2.05) is 19.3 Å². The maximum atomic E-state index is 9.62. The van der Waals surface area contributed by atoms with E-state index in [1.165, 1.54) is 0 Å². The van der Waals surface area contributed by atoms with Gasteiger partial charge in [-0.15, -0.1) is 0 Å². The van der Waals surface area contributed by atoms with E-state index < -0.39 is 6.10 Å². The van der Waals surface area contributed by atoms with Crippen LogP contribution in [0.3, 0.4) is 0 Å². The quantitative estimate of drug-likeness (QED) is 0.539. The van der Waals surface area contributed by atoms with E-state index in [4.69, 9.17) is 9.94 Å². The zero-order chi connectivity index (χ0) is 12.7. The lowest BCUT2D eigenvalue weighted by atomic mass is 10.3. The first-order valence-corrected chi connectivity index (χ1v) is 5.66. The zero-order valence-electron chi connectivity index (χ0n) is 10.2. The molecule has 0 aliphatic rings. The molecule has 5 nitrogen and oxygen atoms in total. The van der Waals surface area contributed by atoms with Crippen molar-refractivity contribution in [2.45, 2.75) is 26.0 Å². The maximum absolute atomic E-state index is 9.62. The van der Waals surface area contributed by atoms with Gasteiger partial charge < -0.3 is 15.2 Å². The van der Waals surface area contributed by atoms with Gasteiger partial charge in [-0.1, -0.05) is 13.8 Å². The van der Waals surface area contributed by atoms with Crippen LogP contribution in [0.2, 0.25) is 0 Å². The molecule has 0 heterocycles. The third kappa shape index (κ3) is 5.53. The summed E-state index contributed by atoms with van der Waals surface area (Å²) in [5.41, 5.74) is 2.63.